The Labute approximate surface area is 149 Å². The molecule has 0 unspecified atom stereocenters. The normalized spacial score (nSPS) is 20.9. The highest BCUT2D eigenvalue weighted by atomic mass is 32.2. The number of amides is 1. The third kappa shape index (κ3) is 3.93. The average Bonchev–Trinajstić information content (AvgIpc) is 2.83. The van der Waals surface area contributed by atoms with E-state index in [4.69, 9.17) is 0 Å². The van der Waals surface area contributed by atoms with E-state index in [9.17, 15) is 13.2 Å². The van der Waals surface area contributed by atoms with Crippen LogP contribution in [0.5, 0.6) is 0 Å². The summed E-state index contributed by atoms with van der Waals surface area (Å²) >= 11 is 0. The van der Waals surface area contributed by atoms with E-state index in [1.54, 1.807) is 29.2 Å². The highest BCUT2D eigenvalue weighted by Crippen LogP contribution is 2.29. The summed E-state index contributed by atoms with van der Waals surface area (Å²) in [6, 6.07) is 16.6. The number of hydrogen-bond donors (Lipinski definition) is 0. The number of benzene rings is 2. The molecule has 0 aromatic heterocycles. The topological polar surface area (TPSA) is 54.5 Å². The maximum atomic E-state index is 12.7. The first kappa shape index (κ1) is 17.7. The number of hydrogen-bond acceptors (Lipinski definition) is 3. The summed E-state index contributed by atoms with van der Waals surface area (Å²) in [5.74, 6) is -0.639. The van der Waals surface area contributed by atoms with Gasteiger partial charge < -0.3 is 4.90 Å². The molecule has 0 bridgehead atoms. The van der Waals surface area contributed by atoms with E-state index in [0.717, 1.165) is 11.1 Å². The predicted octanol–water partition coefficient (Wildman–Crippen LogP) is 3.06. The molecule has 3 rings (SSSR count). The second kappa shape index (κ2) is 7.00. The standard InChI is InChI=1S/C20H23NO3S/c1-15-8-10-18(11-9-15)25(23,24)14-19-16(2)12-21(20(19)22)13-17-6-4-3-5-7-17/h3-11,16,19H,12-14H2,1-2H3/t16-,19+/m0/s1. The molecule has 2 aromatic carbocycles. The molecule has 0 aliphatic carbocycles. The van der Waals surface area contributed by atoms with Gasteiger partial charge in [-0.1, -0.05) is 55.0 Å². The van der Waals surface area contributed by atoms with Gasteiger partial charge in [-0.2, -0.15) is 0 Å². The minimum absolute atomic E-state index is 0.0245. The highest BCUT2D eigenvalue weighted by Gasteiger charge is 2.40. The SMILES string of the molecule is Cc1ccc(S(=O)(=O)C[C@H]2C(=O)N(Cc3ccccc3)C[C@@H]2C)cc1. The van der Waals surface area contributed by atoms with Gasteiger partial charge in [-0.3, -0.25) is 4.79 Å². The molecule has 132 valence electrons. The number of aryl methyl sites for hydroxylation is 1. The molecule has 1 aliphatic rings. The Bertz CT molecular complexity index is 844. The Balaban J connectivity index is 1.74. The van der Waals surface area contributed by atoms with Gasteiger partial charge >= 0.3 is 0 Å². The largest absolute Gasteiger partial charge is 0.338 e. The number of rotatable bonds is 5. The minimum Gasteiger partial charge on any atom is -0.338 e. The summed E-state index contributed by atoms with van der Waals surface area (Å²) in [6.07, 6.45) is 0. The van der Waals surface area contributed by atoms with Gasteiger partial charge in [-0.05, 0) is 30.5 Å². The molecule has 4 nitrogen and oxygen atoms in total. The second-order valence-corrected chi connectivity index (χ2v) is 8.92. The van der Waals surface area contributed by atoms with Crippen LogP contribution in [0, 0.1) is 18.8 Å². The fourth-order valence-electron chi connectivity index (χ4n) is 3.30. The maximum Gasteiger partial charge on any atom is 0.227 e. The third-order valence-corrected chi connectivity index (χ3v) is 6.61. The van der Waals surface area contributed by atoms with Gasteiger partial charge in [0.25, 0.3) is 0 Å². The number of nitrogens with zero attached hydrogens (tertiary/aromatic N) is 1. The molecule has 1 amide bonds. The van der Waals surface area contributed by atoms with E-state index in [0.29, 0.717) is 18.0 Å². The quantitative estimate of drug-likeness (QED) is 0.826. The lowest BCUT2D eigenvalue weighted by Crippen LogP contribution is -2.30. The molecule has 5 heteroatoms. The molecule has 0 radical (unpaired) electrons. The molecular weight excluding hydrogens is 334 g/mol. The van der Waals surface area contributed by atoms with Crippen molar-refractivity contribution in [3.05, 3.63) is 65.7 Å². The van der Waals surface area contributed by atoms with Crippen LogP contribution in [0.25, 0.3) is 0 Å². The molecular formula is C20H23NO3S. The van der Waals surface area contributed by atoms with Crippen molar-refractivity contribution >= 4 is 15.7 Å². The first-order chi connectivity index (χ1) is 11.9. The number of carbonyl (C=O) groups is 1. The predicted molar refractivity (Wildman–Crippen MR) is 97.7 cm³/mol. The fraction of sp³-hybridized carbons (Fsp3) is 0.350. The minimum atomic E-state index is -3.47. The van der Waals surface area contributed by atoms with E-state index < -0.39 is 15.8 Å². The first-order valence-corrected chi connectivity index (χ1v) is 10.1. The van der Waals surface area contributed by atoms with Gasteiger partial charge in [-0.15, -0.1) is 0 Å². The first-order valence-electron chi connectivity index (χ1n) is 8.49. The molecule has 1 aliphatic heterocycles. The second-order valence-electron chi connectivity index (χ2n) is 6.88. The Kier molecular flexibility index (Phi) is 4.95. The van der Waals surface area contributed by atoms with E-state index in [1.807, 2.05) is 44.2 Å². The maximum absolute atomic E-state index is 12.7. The van der Waals surface area contributed by atoms with Gasteiger partial charge in [-0.25, -0.2) is 8.42 Å². The highest BCUT2D eigenvalue weighted by molar-refractivity contribution is 7.91. The molecule has 2 atom stereocenters. The smallest absolute Gasteiger partial charge is 0.227 e. The van der Waals surface area contributed by atoms with Crippen molar-refractivity contribution in [1.29, 1.82) is 0 Å². The number of carbonyl (C=O) groups excluding carboxylic acids is 1. The molecule has 0 N–H and O–H groups in total. The Morgan fingerprint density at radius 3 is 2.32 bits per heavy atom. The molecule has 2 aromatic rings. The van der Waals surface area contributed by atoms with Crippen molar-refractivity contribution in [3.63, 3.8) is 0 Å². The van der Waals surface area contributed by atoms with Gasteiger partial charge in [0.1, 0.15) is 0 Å². The summed E-state index contributed by atoms with van der Waals surface area (Å²) in [5.41, 5.74) is 2.07. The lowest BCUT2D eigenvalue weighted by Gasteiger charge is -2.17. The number of likely N-dealkylation sites (tertiary alicyclic amines) is 1. The summed E-state index contributed by atoms with van der Waals surface area (Å²) in [6.45, 7) is 5.01. The Morgan fingerprint density at radius 2 is 1.68 bits per heavy atom. The van der Waals surface area contributed by atoms with Crippen molar-refractivity contribution in [2.75, 3.05) is 12.3 Å². The summed E-state index contributed by atoms with van der Waals surface area (Å²) in [5, 5.41) is 0. The van der Waals surface area contributed by atoms with Crippen LogP contribution in [0.3, 0.4) is 0 Å². The van der Waals surface area contributed by atoms with E-state index in [2.05, 4.69) is 0 Å². The van der Waals surface area contributed by atoms with Crippen LogP contribution in [-0.2, 0) is 21.2 Å². The van der Waals surface area contributed by atoms with E-state index >= 15 is 0 Å². The summed E-state index contributed by atoms with van der Waals surface area (Å²) < 4.78 is 25.4. The molecule has 1 fully saturated rings. The van der Waals surface area contributed by atoms with Crippen LogP contribution >= 0.6 is 0 Å². The zero-order valence-electron chi connectivity index (χ0n) is 14.6. The van der Waals surface area contributed by atoms with Crippen LogP contribution in [0.4, 0.5) is 0 Å². The number of sulfone groups is 1. The molecule has 1 saturated heterocycles. The lowest BCUT2D eigenvalue weighted by molar-refractivity contribution is -0.131. The van der Waals surface area contributed by atoms with Crippen LogP contribution in [0.2, 0.25) is 0 Å². The van der Waals surface area contributed by atoms with Gasteiger partial charge in [0.05, 0.1) is 16.6 Å². The third-order valence-electron chi connectivity index (χ3n) is 4.82. The Morgan fingerprint density at radius 1 is 1.04 bits per heavy atom. The van der Waals surface area contributed by atoms with Crippen LogP contribution in [-0.4, -0.2) is 31.5 Å². The van der Waals surface area contributed by atoms with Gasteiger partial charge in [0.15, 0.2) is 9.84 Å². The summed E-state index contributed by atoms with van der Waals surface area (Å²) in [4.78, 5) is 14.8. The van der Waals surface area contributed by atoms with E-state index in [1.165, 1.54) is 0 Å². The molecule has 0 saturated carbocycles. The van der Waals surface area contributed by atoms with Crippen molar-refractivity contribution in [3.8, 4) is 0 Å². The van der Waals surface area contributed by atoms with Crippen molar-refractivity contribution in [2.24, 2.45) is 11.8 Å². The lowest BCUT2D eigenvalue weighted by atomic mass is 10.0. The van der Waals surface area contributed by atoms with Gasteiger partial charge in [0, 0.05) is 13.1 Å². The molecule has 1 heterocycles. The average molecular weight is 357 g/mol. The summed E-state index contributed by atoms with van der Waals surface area (Å²) in [7, 11) is -3.47. The van der Waals surface area contributed by atoms with Crippen LogP contribution in [0.1, 0.15) is 18.1 Å². The zero-order chi connectivity index (χ0) is 18.0. The van der Waals surface area contributed by atoms with Crippen molar-refractivity contribution < 1.29 is 13.2 Å². The van der Waals surface area contributed by atoms with Crippen LogP contribution < -0.4 is 0 Å². The van der Waals surface area contributed by atoms with Crippen molar-refractivity contribution in [1.82, 2.24) is 4.90 Å². The zero-order valence-corrected chi connectivity index (χ0v) is 15.4. The van der Waals surface area contributed by atoms with Gasteiger partial charge in [0.2, 0.25) is 5.91 Å². The van der Waals surface area contributed by atoms with E-state index in [-0.39, 0.29) is 17.6 Å². The molecule has 0 spiro atoms. The van der Waals surface area contributed by atoms with Crippen LogP contribution in [0.15, 0.2) is 59.5 Å². The monoisotopic (exact) mass is 357 g/mol. The van der Waals surface area contributed by atoms with Crippen molar-refractivity contribution in [2.45, 2.75) is 25.3 Å². The fourth-order valence-corrected chi connectivity index (χ4v) is 4.99. The molecule has 25 heavy (non-hydrogen) atoms. The Hall–Kier alpha value is -2.14.